The molecule has 2 saturated heterocycles. The molecule has 158 valence electrons. The molecule has 1 aromatic carbocycles. The largest absolute Gasteiger partial charge is 0.362 e. The van der Waals surface area contributed by atoms with Crippen LogP contribution >= 0.6 is 0 Å². The highest BCUT2D eigenvalue weighted by molar-refractivity contribution is 5.96. The SMILES string of the molecule is CC(=O)N1CCN(c2ccc(C(=O)N3CCCC(N(C)C)C3)cc2[N+](=O)[O-])CC1. The first kappa shape index (κ1) is 21.0. The summed E-state index contributed by atoms with van der Waals surface area (Å²) in [6.07, 6.45) is 1.97. The predicted molar refractivity (Wildman–Crippen MR) is 110 cm³/mol. The molecular weight excluding hydrogens is 374 g/mol. The number of amides is 2. The summed E-state index contributed by atoms with van der Waals surface area (Å²) in [6.45, 7) is 4.97. The Morgan fingerprint density at radius 1 is 1.10 bits per heavy atom. The quantitative estimate of drug-likeness (QED) is 0.558. The summed E-state index contributed by atoms with van der Waals surface area (Å²) in [4.78, 5) is 43.3. The number of piperazine rings is 1. The van der Waals surface area contributed by atoms with E-state index >= 15 is 0 Å². The lowest BCUT2D eigenvalue weighted by molar-refractivity contribution is -0.384. The number of nitrogens with zero attached hydrogens (tertiary/aromatic N) is 5. The molecule has 0 N–H and O–H groups in total. The molecule has 9 heteroatoms. The number of likely N-dealkylation sites (N-methyl/N-ethyl adjacent to an activating group) is 1. The molecule has 2 heterocycles. The van der Waals surface area contributed by atoms with Crippen LogP contribution in [-0.2, 0) is 4.79 Å². The maximum atomic E-state index is 13.0. The van der Waals surface area contributed by atoms with Crippen LogP contribution < -0.4 is 4.90 Å². The van der Waals surface area contributed by atoms with Crippen LogP contribution in [0.15, 0.2) is 18.2 Å². The van der Waals surface area contributed by atoms with Crippen LogP contribution in [0, 0.1) is 10.1 Å². The molecule has 0 aromatic heterocycles. The third-order valence-electron chi connectivity index (χ3n) is 5.90. The van der Waals surface area contributed by atoms with Crippen molar-refractivity contribution in [3.63, 3.8) is 0 Å². The maximum Gasteiger partial charge on any atom is 0.293 e. The molecule has 0 saturated carbocycles. The van der Waals surface area contributed by atoms with E-state index in [1.807, 2.05) is 19.0 Å². The van der Waals surface area contributed by atoms with E-state index in [2.05, 4.69) is 4.90 Å². The van der Waals surface area contributed by atoms with E-state index in [0.29, 0.717) is 56.6 Å². The number of rotatable bonds is 4. The van der Waals surface area contributed by atoms with Crippen LogP contribution in [-0.4, -0.2) is 90.8 Å². The maximum absolute atomic E-state index is 13.0. The van der Waals surface area contributed by atoms with Crippen LogP contribution in [0.25, 0.3) is 0 Å². The molecule has 1 atom stereocenters. The number of nitro benzene ring substituents is 1. The second kappa shape index (κ2) is 8.77. The lowest BCUT2D eigenvalue weighted by atomic mass is 10.0. The summed E-state index contributed by atoms with van der Waals surface area (Å²) in [5, 5.41) is 11.7. The number of anilines is 1. The summed E-state index contributed by atoms with van der Waals surface area (Å²) >= 11 is 0. The minimum absolute atomic E-state index is 0.0117. The summed E-state index contributed by atoms with van der Waals surface area (Å²) in [5.41, 5.74) is 0.787. The van der Waals surface area contributed by atoms with E-state index in [0.717, 1.165) is 12.8 Å². The van der Waals surface area contributed by atoms with E-state index < -0.39 is 4.92 Å². The van der Waals surface area contributed by atoms with Crippen molar-refractivity contribution in [1.29, 1.82) is 0 Å². The van der Waals surface area contributed by atoms with Gasteiger partial charge in [-0.15, -0.1) is 0 Å². The van der Waals surface area contributed by atoms with Crippen LogP contribution in [0.1, 0.15) is 30.1 Å². The van der Waals surface area contributed by atoms with Crippen molar-refractivity contribution in [3.05, 3.63) is 33.9 Å². The summed E-state index contributed by atoms with van der Waals surface area (Å²) in [6, 6.07) is 5.05. The average Bonchev–Trinajstić information content (AvgIpc) is 2.72. The first-order valence-electron chi connectivity index (χ1n) is 10.0. The molecule has 0 radical (unpaired) electrons. The zero-order valence-electron chi connectivity index (χ0n) is 17.3. The van der Waals surface area contributed by atoms with Gasteiger partial charge in [0.15, 0.2) is 0 Å². The average molecular weight is 403 g/mol. The Balaban J connectivity index is 1.78. The van der Waals surface area contributed by atoms with Gasteiger partial charge in [0, 0.05) is 63.9 Å². The molecular formula is C20H29N5O4. The van der Waals surface area contributed by atoms with E-state index in [9.17, 15) is 19.7 Å². The van der Waals surface area contributed by atoms with Crippen molar-refractivity contribution >= 4 is 23.2 Å². The smallest absolute Gasteiger partial charge is 0.293 e. The lowest BCUT2D eigenvalue weighted by Gasteiger charge is -2.36. The Kier molecular flexibility index (Phi) is 6.36. The van der Waals surface area contributed by atoms with Gasteiger partial charge in [0.1, 0.15) is 5.69 Å². The van der Waals surface area contributed by atoms with Crippen LogP contribution in [0.3, 0.4) is 0 Å². The molecule has 9 nitrogen and oxygen atoms in total. The fourth-order valence-corrected chi connectivity index (χ4v) is 4.08. The number of carbonyl (C=O) groups is 2. The van der Waals surface area contributed by atoms with Crippen molar-refractivity contribution in [2.24, 2.45) is 0 Å². The van der Waals surface area contributed by atoms with Crippen molar-refractivity contribution in [1.82, 2.24) is 14.7 Å². The lowest BCUT2D eigenvalue weighted by Crippen LogP contribution is -2.48. The molecule has 1 unspecified atom stereocenters. The normalized spacial score (nSPS) is 20.1. The Bertz CT molecular complexity index is 789. The number of piperidine rings is 1. The molecule has 2 amide bonds. The molecule has 3 rings (SSSR count). The molecule has 1 aromatic rings. The van der Waals surface area contributed by atoms with Crippen molar-refractivity contribution in [3.8, 4) is 0 Å². The minimum atomic E-state index is -0.428. The van der Waals surface area contributed by atoms with Crippen molar-refractivity contribution < 1.29 is 14.5 Å². The Hall–Kier alpha value is -2.68. The molecule has 2 fully saturated rings. The van der Waals surface area contributed by atoms with Gasteiger partial charge in [-0.2, -0.15) is 0 Å². The first-order valence-corrected chi connectivity index (χ1v) is 10.0. The Morgan fingerprint density at radius 2 is 1.79 bits per heavy atom. The molecule has 2 aliphatic rings. The summed E-state index contributed by atoms with van der Waals surface area (Å²) in [5.74, 6) is -0.148. The highest BCUT2D eigenvalue weighted by Gasteiger charge is 2.29. The monoisotopic (exact) mass is 403 g/mol. The topological polar surface area (TPSA) is 90.2 Å². The number of hydrogen-bond donors (Lipinski definition) is 0. The number of likely N-dealkylation sites (tertiary alicyclic amines) is 1. The van der Waals surface area contributed by atoms with Gasteiger partial charge in [-0.05, 0) is 39.1 Å². The third kappa shape index (κ3) is 4.67. The second-order valence-corrected chi connectivity index (χ2v) is 7.96. The molecule has 0 bridgehead atoms. The van der Waals surface area contributed by atoms with Gasteiger partial charge in [0.05, 0.1) is 4.92 Å². The predicted octanol–water partition coefficient (Wildman–Crippen LogP) is 1.43. The summed E-state index contributed by atoms with van der Waals surface area (Å²) in [7, 11) is 4.01. The standard InChI is InChI=1S/C20H29N5O4/c1-15(26)22-9-11-23(12-10-22)18-7-6-16(13-19(18)25(28)29)20(27)24-8-4-5-17(14-24)21(2)3/h6-7,13,17H,4-5,8-12,14H2,1-3H3. The minimum Gasteiger partial charge on any atom is -0.362 e. The van der Waals surface area contributed by atoms with Crippen molar-refractivity contribution in [2.75, 3.05) is 58.3 Å². The zero-order chi connectivity index (χ0) is 21.1. The highest BCUT2D eigenvalue weighted by atomic mass is 16.6. The van der Waals surface area contributed by atoms with Crippen LogP contribution in [0.5, 0.6) is 0 Å². The third-order valence-corrected chi connectivity index (χ3v) is 5.90. The fraction of sp³-hybridized carbons (Fsp3) is 0.600. The molecule has 2 aliphatic heterocycles. The van der Waals surface area contributed by atoms with Gasteiger partial charge in [-0.3, -0.25) is 19.7 Å². The van der Waals surface area contributed by atoms with Gasteiger partial charge in [-0.25, -0.2) is 0 Å². The van der Waals surface area contributed by atoms with Gasteiger partial charge >= 0.3 is 0 Å². The Labute approximate surface area is 171 Å². The van der Waals surface area contributed by atoms with Crippen molar-refractivity contribution in [2.45, 2.75) is 25.8 Å². The fourth-order valence-electron chi connectivity index (χ4n) is 4.08. The second-order valence-electron chi connectivity index (χ2n) is 7.96. The number of benzene rings is 1. The first-order chi connectivity index (χ1) is 13.8. The highest BCUT2D eigenvalue weighted by Crippen LogP contribution is 2.31. The van der Waals surface area contributed by atoms with Gasteiger partial charge in [-0.1, -0.05) is 0 Å². The molecule has 0 spiro atoms. The van der Waals surface area contributed by atoms with Crippen LogP contribution in [0.2, 0.25) is 0 Å². The molecule has 0 aliphatic carbocycles. The summed E-state index contributed by atoms with van der Waals surface area (Å²) < 4.78 is 0. The van der Waals surface area contributed by atoms with Crippen LogP contribution in [0.4, 0.5) is 11.4 Å². The molecule has 29 heavy (non-hydrogen) atoms. The number of nitro groups is 1. The van der Waals surface area contributed by atoms with Gasteiger partial charge in [0.2, 0.25) is 5.91 Å². The van der Waals surface area contributed by atoms with Gasteiger partial charge in [0.25, 0.3) is 11.6 Å². The number of carbonyl (C=O) groups excluding carboxylic acids is 2. The zero-order valence-corrected chi connectivity index (χ0v) is 17.3. The van der Waals surface area contributed by atoms with E-state index in [1.165, 1.54) is 13.0 Å². The Morgan fingerprint density at radius 3 is 2.38 bits per heavy atom. The number of hydrogen-bond acceptors (Lipinski definition) is 6. The van der Waals surface area contributed by atoms with E-state index in [4.69, 9.17) is 0 Å². The van der Waals surface area contributed by atoms with E-state index in [-0.39, 0.29) is 17.5 Å². The van der Waals surface area contributed by atoms with Gasteiger partial charge < -0.3 is 19.6 Å². The van der Waals surface area contributed by atoms with E-state index in [1.54, 1.807) is 21.9 Å².